The van der Waals surface area contributed by atoms with Gasteiger partial charge in [0.2, 0.25) is 0 Å². The van der Waals surface area contributed by atoms with Crippen LogP contribution in [-0.4, -0.2) is 30.3 Å². The van der Waals surface area contributed by atoms with Gasteiger partial charge in [0.15, 0.2) is 17.0 Å². The number of rotatable bonds is 5. The molecule has 3 aromatic heterocycles. The number of aryl methyl sites for hydroxylation is 1. The van der Waals surface area contributed by atoms with E-state index in [1.165, 1.54) is 6.07 Å². The largest absolute Gasteiger partial charge is 0.433 e. The average Bonchev–Trinajstić information content (AvgIpc) is 3.43. The third-order valence-corrected chi connectivity index (χ3v) is 6.21. The van der Waals surface area contributed by atoms with Crippen LogP contribution in [0.2, 0.25) is 5.02 Å². The van der Waals surface area contributed by atoms with Gasteiger partial charge in [0.25, 0.3) is 5.91 Å². The molecule has 188 valence electrons. The van der Waals surface area contributed by atoms with Gasteiger partial charge < -0.3 is 5.32 Å². The molecule has 0 unspecified atom stereocenters. The number of benzene rings is 2. The van der Waals surface area contributed by atoms with Crippen LogP contribution in [0.15, 0.2) is 66.7 Å². The Morgan fingerprint density at radius 1 is 1.00 bits per heavy atom. The number of carbonyl (C=O) groups excluding carboxylic acids is 1. The second kappa shape index (κ2) is 9.36. The van der Waals surface area contributed by atoms with E-state index in [0.717, 1.165) is 28.7 Å². The molecule has 1 amide bonds. The number of alkyl halides is 3. The Morgan fingerprint density at radius 3 is 2.38 bits per heavy atom. The first kappa shape index (κ1) is 24.5. The van der Waals surface area contributed by atoms with E-state index in [-0.39, 0.29) is 23.6 Å². The van der Waals surface area contributed by atoms with Crippen LogP contribution >= 0.6 is 11.6 Å². The zero-order chi connectivity index (χ0) is 26.3. The van der Waals surface area contributed by atoms with Crippen molar-refractivity contribution < 1.29 is 18.0 Å². The normalized spacial score (nSPS) is 11.7. The summed E-state index contributed by atoms with van der Waals surface area (Å²) >= 11 is 5.90. The van der Waals surface area contributed by atoms with Crippen molar-refractivity contribution in [3.8, 4) is 16.9 Å². The SMILES string of the molecule is Cc1nn(-c2ccccc2)c(C)c1CNC(=O)c1cc2nc(-c3ccc(Cl)cc3)cc(C(F)(F)F)n2n1. The first-order valence-electron chi connectivity index (χ1n) is 11.2. The number of hydrogen-bond acceptors (Lipinski definition) is 4. The maximum absolute atomic E-state index is 13.9. The summed E-state index contributed by atoms with van der Waals surface area (Å²) in [5, 5.41) is 11.7. The number of halogens is 4. The minimum absolute atomic E-state index is 0.0860. The van der Waals surface area contributed by atoms with Gasteiger partial charge in [-0.15, -0.1) is 0 Å². The highest BCUT2D eigenvalue weighted by atomic mass is 35.5. The van der Waals surface area contributed by atoms with Gasteiger partial charge in [-0.1, -0.05) is 41.9 Å². The lowest BCUT2D eigenvalue weighted by atomic mass is 10.1. The molecule has 0 saturated heterocycles. The number of fused-ring (bicyclic) bond motifs is 1. The minimum Gasteiger partial charge on any atom is -0.346 e. The predicted octanol–water partition coefficient (Wildman–Crippen LogP) is 5.80. The third kappa shape index (κ3) is 4.79. The summed E-state index contributed by atoms with van der Waals surface area (Å²) in [6, 6.07) is 18.0. The molecule has 0 aliphatic rings. The second-order valence-electron chi connectivity index (χ2n) is 8.41. The van der Waals surface area contributed by atoms with Gasteiger partial charge in [-0.05, 0) is 44.2 Å². The van der Waals surface area contributed by atoms with Crippen molar-refractivity contribution in [1.82, 2.24) is 29.7 Å². The molecule has 0 bridgehead atoms. The molecule has 5 aromatic rings. The van der Waals surface area contributed by atoms with E-state index in [1.807, 2.05) is 44.2 Å². The van der Waals surface area contributed by atoms with Crippen LogP contribution in [-0.2, 0) is 12.7 Å². The molecule has 0 atom stereocenters. The van der Waals surface area contributed by atoms with E-state index in [1.54, 1.807) is 28.9 Å². The lowest BCUT2D eigenvalue weighted by molar-refractivity contribution is -0.142. The van der Waals surface area contributed by atoms with Gasteiger partial charge in [-0.3, -0.25) is 4.79 Å². The Bertz CT molecular complexity index is 1610. The summed E-state index contributed by atoms with van der Waals surface area (Å²) < 4.78 is 44.0. The fourth-order valence-corrected chi connectivity index (χ4v) is 4.19. The summed E-state index contributed by atoms with van der Waals surface area (Å²) in [6.45, 7) is 3.85. The lowest BCUT2D eigenvalue weighted by Gasteiger charge is -2.11. The van der Waals surface area contributed by atoms with E-state index >= 15 is 0 Å². The minimum atomic E-state index is -4.72. The Hall–Kier alpha value is -4.18. The Balaban J connectivity index is 1.45. The van der Waals surface area contributed by atoms with Gasteiger partial charge in [0, 0.05) is 34.5 Å². The molecule has 5 rings (SSSR count). The first-order chi connectivity index (χ1) is 17.6. The van der Waals surface area contributed by atoms with Crippen molar-refractivity contribution in [3.05, 3.63) is 100 Å². The van der Waals surface area contributed by atoms with E-state index in [2.05, 4.69) is 20.5 Å². The number of amides is 1. The fourth-order valence-electron chi connectivity index (χ4n) is 4.07. The van der Waals surface area contributed by atoms with Gasteiger partial charge >= 0.3 is 6.18 Å². The van der Waals surface area contributed by atoms with Crippen LogP contribution in [0.25, 0.3) is 22.6 Å². The summed E-state index contributed by atoms with van der Waals surface area (Å²) in [4.78, 5) is 17.2. The third-order valence-electron chi connectivity index (χ3n) is 5.96. The Morgan fingerprint density at radius 2 is 1.70 bits per heavy atom. The van der Waals surface area contributed by atoms with E-state index in [0.29, 0.717) is 15.1 Å². The van der Waals surface area contributed by atoms with Crippen LogP contribution in [0.3, 0.4) is 0 Å². The van der Waals surface area contributed by atoms with E-state index in [4.69, 9.17) is 11.6 Å². The van der Waals surface area contributed by atoms with Crippen molar-refractivity contribution in [1.29, 1.82) is 0 Å². The molecular formula is C26H20ClF3N6O. The summed E-state index contributed by atoms with van der Waals surface area (Å²) in [7, 11) is 0. The Labute approximate surface area is 214 Å². The topological polar surface area (TPSA) is 77.1 Å². The number of para-hydroxylation sites is 1. The van der Waals surface area contributed by atoms with Crippen LogP contribution in [0.1, 0.15) is 33.1 Å². The van der Waals surface area contributed by atoms with Crippen LogP contribution in [0.5, 0.6) is 0 Å². The molecule has 0 aliphatic carbocycles. The molecular weight excluding hydrogens is 505 g/mol. The molecule has 0 spiro atoms. The van der Waals surface area contributed by atoms with Gasteiger partial charge in [-0.25, -0.2) is 14.2 Å². The van der Waals surface area contributed by atoms with E-state index in [9.17, 15) is 18.0 Å². The van der Waals surface area contributed by atoms with Crippen LogP contribution in [0.4, 0.5) is 13.2 Å². The summed E-state index contributed by atoms with van der Waals surface area (Å²) in [6.07, 6.45) is -4.72. The maximum Gasteiger partial charge on any atom is 0.433 e. The smallest absolute Gasteiger partial charge is 0.346 e. The van der Waals surface area contributed by atoms with Crippen LogP contribution in [0, 0.1) is 13.8 Å². The molecule has 0 saturated carbocycles. The second-order valence-corrected chi connectivity index (χ2v) is 8.85. The van der Waals surface area contributed by atoms with Crippen molar-refractivity contribution in [2.24, 2.45) is 0 Å². The number of nitrogens with one attached hydrogen (secondary N) is 1. The summed E-state index contributed by atoms with van der Waals surface area (Å²) in [5.41, 5.74) is 2.46. The Kier molecular flexibility index (Phi) is 6.20. The average molecular weight is 525 g/mol. The highest BCUT2D eigenvalue weighted by Crippen LogP contribution is 2.32. The van der Waals surface area contributed by atoms with Gasteiger partial charge in [0.05, 0.1) is 17.1 Å². The lowest BCUT2D eigenvalue weighted by Crippen LogP contribution is -2.24. The molecule has 7 nitrogen and oxygen atoms in total. The molecule has 0 aliphatic heterocycles. The van der Waals surface area contributed by atoms with Gasteiger partial charge in [0.1, 0.15) is 0 Å². The quantitative estimate of drug-likeness (QED) is 0.315. The van der Waals surface area contributed by atoms with Crippen molar-refractivity contribution in [3.63, 3.8) is 0 Å². The maximum atomic E-state index is 13.9. The highest BCUT2D eigenvalue weighted by Gasteiger charge is 2.35. The molecule has 11 heteroatoms. The molecule has 0 radical (unpaired) electrons. The number of aromatic nitrogens is 5. The van der Waals surface area contributed by atoms with Crippen molar-refractivity contribution >= 4 is 23.2 Å². The van der Waals surface area contributed by atoms with E-state index < -0.39 is 17.8 Å². The number of hydrogen-bond donors (Lipinski definition) is 1. The standard InChI is InChI=1S/C26H20ClF3N6O/c1-15-20(16(2)35(33-15)19-6-4-3-5-7-19)14-31-25(37)22-13-24-32-21(17-8-10-18(27)11-9-17)12-23(26(28,29)30)36(24)34-22/h3-13H,14H2,1-2H3,(H,31,37). The predicted molar refractivity (Wildman–Crippen MR) is 133 cm³/mol. The van der Waals surface area contributed by atoms with Crippen molar-refractivity contribution in [2.75, 3.05) is 0 Å². The molecule has 0 fully saturated rings. The number of carbonyl (C=O) groups is 1. The first-order valence-corrected chi connectivity index (χ1v) is 11.6. The molecule has 1 N–H and O–H groups in total. The highest BCUT2D eigenvalue weighted by molar-refractivity contribution is 6.30. The van der Waals surface area contributed by atoms with Crippen molar-refractivity contribution in [2.45, 2.75) is 26.6 Å². The van der Waals surface area contributed by atoms with Gasteiger partial charge in [-0.2, -0.15) is 23.4 Å². The zero-order valence-corrected chi connectivity index (χ0v) is 20.5. The monoisotopic (exact) mass is 524 g/mol. The molecule has 2 aromatic carbocycles. The number of nitrogens with zero attached hydrogens (tertiary/aromatic N) is 5. The molecule has 37 heavy (non-hydrogen) atoms. The zero-order valence-electron chi connectivity index (χ0n) is 19.7. The molecule has 3 heterocycles. The summed E-state index contributed by atoms with van der Waals surface area (Å²) in [5.74, 6) is -0.627. The fraction of sp³-hybridized carbons (Fsp3) is 0.154. The van der Waals surface area contributed by atoms with Crippen LogP contribution < -0.4 is 5.32 Å².